The molecule has 0 saturated heterocycles. The smallest absolute Gasteiger partial charge is 0.305 e. The van der Waals surface area contributed by atoms with Crippen molar-refractivity contribution in [1.82, 2.24) is 0 Å². The standard InChI is InChI=1S/C14H19NO3/c1-3-18-14(17)9-5-8-13(16)15-12-7-4-6-11(2)10-12/h4,6-7,10H,3,5,8-9H2,1-2H3,(H,15,16). The van der Waals surface area contributed by atoms with Crippen LogP contribution in [0.5, 0.6) is 0 Å². The molecule has 0 unspecified atom stereocenters. The number of hydrogen-bond donors (Lipinski definition) is 1. The maximum atomic E-state index is 11.6. The van der Waals surface area contributed by atoms with Gasteiger partial charge in [-0.15, -0.1) is 0 Å². The van der Waals surface area contributed by atoms with E-state index in [2.05, 4.69) is 5.32 Å². The van der Waals surface area contributed by atoms with Gasteiger partial charge in [0.05, 0.1) is 6.61 Å². The predicted octanol–water partition coefficient (Wildman–Crippen LogP) is 2.67. The summed E-state index contributed by atoms with van der Waals surface area (Å²) in [6.07, 6.45) is 1.12. The van der Waals surface area contributed by atoms with E-state index in [4.69, 9.17) is 4.74 Å². The van der Waals surface area contributed by atoms with Gasteiger partial charge < -0.3 is 10.1 Å². The Labute approximate surface area is 107 Å². The van der Waals surface area contributed by atoms with Gasteiger partial charge in [0, 0.05) is 18.5 Å². The Kier molecular flexibility index (Phi) is 5.91. The molecule has 0 heterocycles. The summed E-state index contributed by atoms with van der Waals surface area (Å²) in [7, 11) is 0. The molecule has 0 spiro atoms. The predicted molar refractivity (Wildman–Crippen MR) is 70.3 cm³/mol. The Morgan fingerprint density at radius 2 is 2.06 bits per heavy atom. The molecule has 0 aliphatic heterocycles. The fraction of sp³-hybridized carbons (Fsp3) is 0.429. The summed E-state index contributed by atoms with van der Waals surface area (Å²) in [4.78, 5) is 22.7. The highest BCUT2D eigenvalue weighted by Gasteiger charge is 2.06. The van der Waals surface area contributed by atoms with E-state index in [1.165, 1.54) is 0 Å². The van der Waals surface area contributed by atoms with Crippen LogP contribution in [0.4, 0.5) is 5.69 Å². The van der Waals surface area contributed by atoms with E-state index in [0.29, 0.717) is 19.4 Å². The van der Waals surface area contributed by atoms with Crippen LogP contribution in [0.15, 0.2) is 24.3 Å². The summed E-state index contributed by atoms with van der Waals surface area (Å²) in [5.74, 6) is -0.328. The van der Waals surface area contributed by atoms with E-state index >= 15 is 0 Å². The number of aryl methyl sites for hydroxylation is 1. The van der Waals surface area contributed by atoms with Crippen molar-refractivity contribution in [3.63, 3.8) is 0 Å². The monoisotopic (exact) mass is 249 g/mol. The van der Waals surface area contributed by atoms with Crippen molar-refractivity contribution in [1.29, 1.82) is 0 Å². The number of rotatable bonds is 6. The molecule has 18 heavy (non-hydrogen) atoms. The van der Waals surface area contributed by atoms with E-state index in [1.54, 1.807) is 6.92 Å². The number of nitrogens with one attached hydrogen (secondary N) is 1. The summed E-state index contributed by atoms with van der Waals surface area (Å²) < 4.78 is 4.79. The van der Waals surface area contributed by atoms with E-state index in [1.807, 2.05) is 31.2 Å². The lowest BCUT2D eigenvalue weighted by Crippen LogP contribution is -2.12. The lowest BCUT2D eigenvalue weighted by atomic mass is 10.2. The lowest BCUT2D eigenvalue weighted by molar-refractivity contribution is -0.143. The minimum absolute atomic E-state index is 0.0788. The van der Waals surface area contributed by atoms with Crippen molar-refractivity contribution in [2.45, 2.75) is 33.1 Å². The molecule has 0 fully saturated rings. The first-order valence-corrected chi connectivity index (χ1v) is 6.14. The van der Waals surface area contributed by atoms with Crippen LogP contribution in [-0.4, -0.2) is 18.5 Å². The number of carbonyl (C=O) groups is 2. The lowest BCUT2D eigenvalue weighted by Gasteiger charge is -2.05. The van der Waals surface area contributed by atoms with E-state index in [-0.39, 0.29) is 18.3 Å². The summed E-state index contributed by atoms with van der Waals surface area (Å²) in [6.45, 7) is 4.12. The maximum Gasteiger partial charge on any atom is 0.305 e. The van der Waals surface area contributed by atoms with Gasteiger partial charge in [0.15, 0.2) is 0 Å². The Morgan fingerprint density at radius 3 is 2.72 bits per heavy atom. The van der Waals surface area contributed by atoms with Gasteiger partial charge in [0.2, 0.25) is 5.91 Å². The van der Waals surface area contributed by atoms with E-state index < -0.39 is 0 Å². The Bertz CT molecular complexity index is 415. The zero-order chi connectivity index (χ0) is 13.4. The van der Waals surface area contributed by atoms with Crippen LogP contribution in [0.3, 0.4) is 0 Å². The largest absolute Gasteiger partial charge is 0.466 e. The van der Waals surface area contributed by atoms with Gasteiger partial charge in [0.1, 0.15) is 0 Å². The molecular weight excluding hydrogens is 230 g/mol. The third-order valence-corrected chi connectivity index (χ3v) is 2.39. The molecule has 1 aromatic carbocycles. The third kappa shape index (κ3) is 5.48. The van der Waals surface area contributed by atoms with Gasteiger partial charge in [-0.05, 0) is 38.0 Å². The number of amides is 1. The van der Waals surface area contributed by atoms with Gasteiger partial charge in [-0.25, -0.2) is 0 Å². The average molecular weight is 249 g/mol. The minimum Gasteiger partial charge on any atom is -0.466 e. The number of anilines is 1. The van der Waals surface area contributed by atoms with Crippen molar-refractivity contribution >= 4 is 17.6 Å². The topological polar surface area (TPSA) is 55.4 Å². The maximum absolute atomic E-state index is 11.6. The highest BCUT2D eigenvalue weighted by molar-refractivity contribution is 5.90. The Balaban J connectivity index is 2.28. The molecule has 0 aromatic heterocycles. The fourth-order valence-electron chi connectivity index (χ4n) is 1.57. The van der Waals surface area contributed by atoms with Crippen molar-refractivity contribution < 1.29 is 14.3 Å². The molecular formula is C14H19NO3. The first kappa shape index (κ1) is 14.2. The first-order chi connectivity index (χ1) is 8.61. The summed E-state index contributed by atoms with van der Waals surface area (Å²) in [5.41, 5.74) is 1.88. The van der Waals surface area contributed by atoms with Crippen LogP contribution >= 0.6 is 0 Å². The van der Waals surface area contributed by atoms with Crippen LogP contribution in [-0.2, 0) is 14.3 Å². The normalized spacial score (nSPS) is 9.89. The van der Waals surface area contributed by atoms with Crippen LogP contribution < -0.4 is 5.32 Å². The van der Waals surface area contributed by atoms with E-state index in [9.17, 15) is 9.59 Å². The zero-order valence-corrected chi connectivity index (χ0v) is 10.9. The second-order valence-electron chi connectivity index (χ2n) is 4.08. The molecule has 0 radical (unpaired) electrons. The van der Waals surface area contributed by atoms with Gasteiger partial charge >= 0.3 is 5.97 Å². The molecule has 0 atom stereocenters. The molecule has 98 valence electrons. The average Bonchev–Trinajstić information content (AvgIpc) is 2.29. The highest BCUT2D eigenvalue weighted by atomic mass is 16.5. The molecule has 4 nitrogen and oxygen atoms in total. The van der Waals surface area contributed by atoms with Crippen LogP contribution in [0, 0.1) is 6.92 Å². The SMILES string of the molecule is CCOC(=O)CCCC(=O)Nc1cccc(C)c1. The van der Waals surface area contributed by atoms with Crippen LogP contribution in [0.1, 0.15) is 31.7 Å². The molecule has 0 aliphatic rings. The molecule has 1 N–H and O–H groups in total. The Hall–Kier alpha value is -1.84. The minimum atomic E-state index is -0.249. The van der Waals surface area contributed by atoms with Gasteiger partial charge in [-0.3, -0.25) is 9.59 Å². The molecule has 1 rings (SSSR count). The van der Waals surface area contributed by atoms with Gasteiger partial charge in [-0.2, -0.15) is 0 Å². The quantitative estimate of drug-likeness (QED) is 0.788. The van der Waals surface area contributed by atoms with Gasteiger partial charge in [-0.1, -0.05) is 12.1 Å². The molecule has 4 heteroatoms. The summed E-state index contributed by atoms with van der Waals surface area (Å²) in [5, 5.41) is 2.80. The molecule has 0 bridgehead atoms. The van der Waals surface area contributed by atoms with Gasteiger partial charge in [0.25, 0.3) is 0 Å². The number of benzene rings is 1. The fourth-order valence-corrected chi connectivity index (χ4v) is 1.57. The zero-order valence-electron chi connectivity index (χ0n) is 10.9. The molecule has 1 aromatic rings. The first-order valence-electron chi connectivity index (χ1n) is 6.14. The van der Waals surface area contributed by atoms with Crippen molar-refractivity contribution in [2.24, 2.45) is 0 Å². The second kappa shape index (κ2) is 7.48. The van der Waals surface area contributed by atoms with Crippen LogP contribution in [0.2, 0.25) is 0 Å². The highest BCUT2D eigenvalue weighted by Crippen LogP contribution is 2.10. The molecule has 1 amide bonds. The summed E-state index contributed by atoms with van der Waals surface area (Å²) in [6, 6.07) is 7.61. The van der Waals surface area contributed by atoms with E-state index in [0.717, 1.165) is 11.3 Å². The van der Waals surface area contributed by atoms with Crippen LogP contribution in [0.25, 0.3) is 0 Å². The number of ether oxygens (including phenoxy) is 1. The molecule has 0 saturated carbocycles. The molecule has 0 aliphatic carbocycles. The number of carbonyl (C=O) groups excluding carboxylic acids is 2. The number of hydrogen-bond acceptors (Lipinski definition) is 3. The van der Waals surface area contributed by atoms with Crippen molar-refractivity contribution in [3.8, 4) is 0 Å². The third-order valence-electron chi connectivity index (χ3n) is 2.39. The van der Waals surface area contributed by atoms with Crippen molar-refractivity contribution in [2.75, 3.05) is 11.9 Å². The second-order valence-corrected chi connectivity index (χ2v) is 4.08. The Morgan fingerprint density at radius 1 is 1.28 bits per heavy atom. The van der Waals surface area contributed by atoms with Crippen molar-refractivity contribution in [3.05, 3.63) is 29.8 Å². The summed E-state index contributed by atoms with van der Waals surface area (Å²) >= 11 is 0. The number of esters is 1.